The molecule has 0 aromatic heterocycles. The fraction of sp³-hybridized carbons (Fsp3) is 0.923. The first-order valence-corrected chi connectivity index (χ1v) is 7.05. The lowest BCUT2D eigenvalue weighted by Crippen LogP contribution is -2.60. The van der Waals surface area contributed by atoms with E-state index >= 15 is 0 Å². The first kappa shape index (κ1) is 15.7. The molecule has 2 aliphatic rings. The van der Waals surface area contributed by atoms with Crippen molar-refractivity contribution in [3.05, 3.63) is 0 Å². The largest absolute Gasteiger partial charge is 0.388 e. The molecule has 0 aromatic carbocycles. The first-order chi connectivity index (χ1) is 9.54. The third-order valence-electron chi connectivity index (χ3n) is 3.97. The van der Waals surface area contributed by atoms with Crippen molar-refractivity contribution < 1.29 is 29.6 Å². The standard InChI is InChI=1S/C13H23NO6/c1-19-13-12(18)11(17)10(16)8(20-13)7-14-6-4-2-3-5-9(14)15/h8,10-13,16-18H,2-7H2,1H3/t8-,10-,11+,12+,13+/m1/s1. The van der Waals surface area contributed by atoms with Crippen LogP contribution >= 0.6 is 0 Å². The second-order valence-corrected chi connectivity index (χ2v) is 5.40. The molecular formula is C13H23NO6. The van der Waals surface area contributed by atoms with E-state index < -0.39 is 30.7 Å². The lowest BCUT2D eigenvalue weighted by atomic mass is 9.98. The third kappa shape index (κ3) is 3.29. The third-order valence-corrected chi connectivity index (χ3v) is 3.97. The second kappa shape index (κ2) is 6.82. The lowest BCUT2D eigenvalue weighted by molar-refractivity contribution is -0.291. The van der Waals surface area contributed by atoms with Crippen LogP contribution in [0.5, 0.6) is 0 Å². The summed E-state index contributed by atoms with van der Waals surface area (Å²) in [5, 5.41) is 29.5. The van der Waals surface area contributed by atoms with E-state index in [0.717, 1.165) is 19.3 Å². The first-order valence-electron chi connectivity index (χ1n) is 7.05. The van der Waals surface area contributed by atoms with Gasteiger partial charge in [0, 0.05) is 26.6 Å². The minimum atomic E-state index is -1.35. The van der Waals surface area contributed by atoms with Crippen LogP contribution in [0.4, 0.5) is 0 Å². The Morgan fingerprint density at radius 1 is 1.20 bits per heavy atom. The average molecular weight is 289 g/mol. The number of amides is 1. The zero-order valence-electron chi connectivity index (χ0n) is 11.6. The summed E-state index contributed by atoms with van der Waals surface area (Å²) in [6, 6.07) is 0. The fourth-order valence-corrected chi connectivity index (χ4v) is 2.71. The topological polar surface area (TPSA) is 99.5 Å². The normalized spacial score (nSPS) is 39.7. The summed E-state index contributed by atoms with van der Waals surface area (Å²) < 4.78 is 10.4. The Hall–Kier alpha value is -0.730. The highest BCUT2D eigenvalue weighted by Crippen LogP contribution is 2.23. The monoisotopic (exact) mass is 289 g/mol. The Labute approximate surface area is 118 Å². The summed E-state index contributed by atoms with van der Waals surface area (Å²) in [5.74, 6) is 0.0351. The predicted molar refractivity (Wildman–Crippen MR) is 68.7 cm³/mol. The summed E-state index contributed by atoms with van der Waals surface area (Å²) in [6.07, 6.45) is -2.33. The molecule has 2 saturated heterocycles. The Balaban J connectivity index is 2.01. The second-order valence-electron chi connectivity index (χ2n) is 5.40. The molecule has 0 saturated carbocycles. The van der Waals surface area contributed by atoms with Crippen molar-refractivity contribution in [2.75, 3.05) is 20.2 Å². The maximum absolute atomic E-state index is 11.9. The van der Waals surface area contributed by atoms with Crippen LogP contribution in [-0.2, 0) is 14.3 Å². The summed E-state index contributed by atoms with van der Waals surface area (Å²) in [6.45, 7) is 0.825. The number of ether oxygens (including phenoxy) is 2. The predicted octanol–water partition coefficient (Wildman–Crippen LogP) is -1.16. The Morgan fingerprint density at radius 3 is 2.65 bits per heavy atom. The fourth-order valence-electron chi connectivity index (χ4n) is 2.71. The van der Waals surface area contributed by atoms with Gasteiger partial charge in [0.2, 0.25) is 5.91 Å². The molecule has 0 spiro atoms. The van der Waals surface area contributed by atoms with E-state index in [1.165, 1.54) is 7.11 Å². The van der Waals surface area contributed by atoms with Crippen LogP contribution in [0.15, 0.2) is 0 Å². The Bertz CT molecular complexity index is 337. The summed E-state index contributed by atoms with van der Waals surface area (Å²) in [4.78, 5) is 13.6. The number of methoxy groups -OCH3 is 1. The Kier molecular flexibility index (Phi) is 5.34. The number of aliphatic hydroxyl groups excluding tert-OH is 3. The van der Waals surface area contributed by atoms with Crippen molar-refractivity contribution in [3.63, 3.8) is 0 Å². The number of hydrogen-bond donors (Lipinski definition) is 3. The van der Waals surface area contributed by atoms with E-state index in [1.807, 2.05) is 0 Å². The quantitative estimate of drug-likeness (QED) is 0.606. The number of carbonyl (C=O) groups is 1. The highest BCUT2D eigenvalue weighted by molar-refractivity contribution is 5.76. The molecule has 2 heterocycles. The minimum absolute atomic E-state index is 0.0351. The van der Waals surface area contributed by atoms with Crippen LogP contribution in [0.25, 0.3) is 0 Å². The van der Waals surface area contributed by atoms with E-state index in [1.54, 1.807) is 4.90 Å². The number of carbonyl (C=O) groups excluding carboxylic acids is 1. The Morgan fingerprint density at radius 2 is 1.95 bits per heavy atom. The molecule has 2 aliphatic heterocycles. The molecule has 116 valence electrons. The van der Waals surface area contributed by atoms with Gasteiger partial charge in [-0.2, -0.15) is 0 Å². The number of hydrogen-bond acceptors (Lipinski definition) is 6. The summed E-state index contributed by atoms with van der Waals surface area (Å²) in [5.41, 5.74) is 0. The van der Waals surface area contributed by atoms with E-state index in [4.69, 9.17) is 9.47 Å². The van der Waals surface area contributed by atoms with Gasteiger partial charge in [-0.15, -0.1) is 0 Å². The van der Waals surface area contributed by atoms with Crippen molar-refractivity contribution in [1.82, 2.24) is 4.90 Å². The lowest BCUT2D eigenvalue weighted by Gasteiger charge is -2.41. The van der Waals surface area contributed by atoms with Crippen LogP contribution in [0.1, 0.15) is 25.7 Å². The molecular weight excluding hydrogens is 266 g/mol. The van der Waals surface area contributed by atoms with Crippen molar-refractivity contribution in [1.29, 1.82) is 0 Å². The highest BCUT2D eigenvalue weighted by Gasteiger charge is 2.44. The van der Waals surface area contributed by atoms with E-state index in [2.05, 4.69) is 0 Å². The van der Waals surface area contributed by atoms with Crippen molar-refractivity contribution in [3.8, 4) is 0 Å². The van der Waals surface area contributed by atoms with E-state index in [-0.39, 0.29) is 12.5 Å². The summed E-state index contributed by atoms with van der Waals surface area (Å²) >= 11 is 0. The van der Waals surface area contributed by atoms with E-state index in [0.29, 0.717) is 13.0 Å². The SMILES string of the molecule is CO[C@H]1O[C@H](CN2CCCCCC2=O)[C@@H](O)[C@H](O)[C@@H]1O. The van der Waals surface area contributed by atoms with Gasteiger partial charge in [0.15, 0.2) is 6.29 Å². The molecule has 7 nitrogen and oxygen atoms in total. The van der Waals surface area contributed by atoms with Gasteiger partial charge in [-0.1, -0.05) is 6.42 Å². The van der Waals surface area contributed by atoms with Crippen LogP contribution in [0.3, 0.4) is 0 Å². The molecule has 1 amide bonds. The van der Waals surface area contributed by atoms with Crippen molar-refractivity contribution in [2.24, 2.45) is 0 Å². The number of rotatable bonds is 3. The molecule has 0 aliphatic carbocycles. The highest BCUT2D eigenvalue weighted by atomic mass is 16.7. The van der Waals surface area contributed by atoms with Gasteiger partial charge < -0.3 is 29.7 Å². The van der Waals surface area contributed by atoms with Gasteiger partial charge in [-0.05, 0) is 12.8 Å². The maximum Gasteiger partial charge on any atom is 0.222 e. The van der Waals surface area contributed by atoms with Crippen molar-refractivity contribution in [2.45, 2.75) is 56.4 Å². The van der Waals surface area contributed by atoms with Crippen LogP contribution in [0, 0.1) is 0 Å². The number of aliphatic hydroxyl groups is 3. The minimum Gasteiger partial charge on any atom is -0.388 e. The van der Waals surface area contributed by atoms with Crippen LogP contribution in [0.2, 0.25) is 0 Å². The van der Waals surface area contributed by atoms with Gasteiger partial charge in [-0.25, -0.2) is 0 Å². The van der Waals surface area contributed by atoms with Crippen LogP contribution < -0.4 is 0 Å². The molecule has 20 heavy (non-hydrogen) atoms. The molecule has 0 radical (unpaired) electrons. The summed E-state index contributed by atoms with van der Waals surface area (Å²) in [7, 11) is 1.35. The van der Waals surface area contributed by atoms with Crippen molar-refractivity contribution >= 4 is 5.91 Å². The molecule has 0 bridgehead atoms. The van der Waals surface area contributed by atoms with Gasteiger partial charge >= 0.3 is 0 Å². The molecule has 2 fully saturated rings. The zero-order chi connectivity index (χ0) is 14.7. The molecule has 7 heteroatoms. The number of nitrogens with zero attached hydrogens (tertiary/aromatic N) is 1. The van der Waals surface area contributed by atoms with Crippen LogP contribution in [-0.4, -0.2) is 77.0 Å². The van der Waals surface area contributed by atoms with Gasteiger partial charge in [0.25, 0.3) is 0 Å². The average Bonchev–Trinajstić information content (AvgIpc) is 2.64. The maximum atomic E-state index is 11.9. The number of likely N-dealkylation sites (tertiary alicyclic amines) is 1. The molecule has 2 rings (SSSR count). The molecule has 3 N–H and O–H groups in total. The molecule has 0 aromatic rings. The molecule has 0 unspecified atom stereocenters. The smallest absolute Gasteiger partial charge is 0.222 e. The van der Waals surface area contributed by atoms with Gasteiger partial charge in [-0.3, -0.25) is 4.79 Å². The van der Waals surface area contributed by atoms with E-state index in [9.17, 15) is 20.1 Å². The van der Waals surface area contributed by atoms with Gasteiger partial charge in [0.1, 0.15) is 24.4 Å². The molecule has 5 atom stereocenters. The zero-order valence-corrected chi connectivity index (χ0v) is 11.6. The van der Waals surface area contributed by atoms with Gasteiger partial charge in [0.05, 0.1) is 0 Å².